The van der Waals surface area contributed by atoms with Crippen molar-refractivity contribution in [3.8, 4) is 0 Å². The van der Waals surface area contributed by atoms with Gasteiger partial charge in [0.05, 0.1) is 0 Å². The first-order chi connectivity index (χ1) is 5.81. The molecule has 0 rings (SSSR count). The molecule has 1 atom stereocenters. The Balaban J connectivity index is 3.02. The zero-order valence-electron chi connectivity index (χ0n) is 8.11. The maximum atomic E-state index is 5.00. The molecule has 0 saturated carbocycles. The van der Waals surface area contributed by atoms with E-state index in [1.54, 1.807) is 7.11 Å². The van der Waals surface area contributed by atoms with E-state index in [2.05, 4.69) is 34.8 Å². The minimum Gasteiger partial charge on any atom is -0.385 e. The number of methoxy groups -OCH3 is 1. The van der Waals surface area contributed by atoms with Crippen molar-refractivity contribution in [2.75, 3.05) is 24.7 Å². The van der Waals surface area contributed by atoms with Gasteiger partial charge < -0.3 is 10.1 Å². The molecule has 0 bridgehead atoms. The summed E-state index contributed by atoms with van der Waals surface area (Å²) >= 11 is 2.42. The molecule has 3 heteroatoms. The van der Waals surface area contributed by atoms with Gasteiger partial charge >= 0.3 is 0 Å². The normalized spacial score (nSPS) is 13.2. The highest BCUT2D eigenvalue weighted by Crippen LogP contribution is 1.95. The Hall–Kier alpha value is 0.650. The SMILES string of the molecule is COCCC(C)NCCCCI. The van der Waals surface area contributed by atoms with Crippen LogP contribution < -0.4 is 5.32 Å². The van der Waals surface area contributed by atoms with Crippen LogP contribution in [0, 0.1) is 0 Å². The van der Waals surface area contributed by atoms with Gasteiger partial charge in [0.15, 0.2) is 0 Å². The van der Waals surface area contributed by atoms with Crippen molar-refractivity contribution in [3.63, 3.8) is 0 Å². The van der Waals surface area contributed by atoms with E-state index in [0.717, 1.165) is 19.6 Å². The van der Waals surface area contributed by atoms with Crippen LogP contribution in [0.1, 0.15) is 26.2 Å². The van der Waals surface area contributed by atoms with Crippen molar-refractivity contribution in [1.82, 2.24) is 5.32 Å². The lowest BCUT2D eigenvalue weighted by molar-refractivity contribution is 0.185. The average molecular weight is 285 g/mol. The molecule has 0 aliphatic rings. The molecule has 0 aromatic heterocycles. The summed E-state index contributed by atoms with van der Waals surface area (Å²) < 4.78 is 6.27. The van der Waals surface area contributed by atoms with Crippen LogP contribution in [-0.4, -0.2) is 30.7 Å². The minimum absolute atomic E-state index is 0.596. The highest BCUT2D eigenvalue weighted by atomic mass is 127. The van der Waals surface area contributed by atoms with Crippen LogP contribution >= 0.6 is 22.6 Å². The highest BCUT2D eigenvalue weighted by Gasteiger charge is 1.98. The summed E-state index contributed by atoms with van der Waals surface area (Å²) in [6.45, 7) is 4.22. The van der Waals surface area contributed by atoms with Crippen LogP contribution in [0.4, 0.5) is 0 Å². The summed E-state index contributed by atoms with van der Waals surface area (Å²) in [5.74, 6) is 0. The van der Waals surface area contributed by atoms with E-state index in [-0.39, 0.29) is 0 Å². The quantitative estimate of drug-likeness (QED) is 0.419. The Morgan fingerprint density at radius 1 is 1.42 bits per heavy atom. The van der Waals surface area contributed by atoms with Crippen molar-refractivity contribution in [2.24, 2.45) is 0 Å². The first-order valence-corrected chi connectivity index (χ1v) is 6.12. The molecule has 0 aromatic rings. The maximum absolute atomic E-state index is 5.00. The molecule has 0 heterocycles. The predicted molar refractivity (Wildman–Crippen MR) is 62.1 cm³/mol. The molecule has 12 heavy (non-hydrogen) atoms. The lowest BCUT2D eigenvalue weighted by Gasteiger charge is -2.12. The molecular weight excluding hydrogens is 265 g/mol. The molecule has 74 valence electrons. The molecule has 1 unspecified atom stereocenters. The van der Waals surface area contributed by atoms with E-state index in [1.165, 1.54) is 17.3 Å². The zero-order chi connectivity index (χ0) is 9.23. The van der Waals surface area contributed by atoms with Crippen molar-refractivity contribution < 1.29 is 4.74 Å². The summed E-state index contributed by atoms with van der Waals surface area (Å²) in [4.78, 5) is 0. The van der Waals surface area contributed by atoms with Crippen molar-refractivity contribution >= 4 is 22.6 Å². The number of ether oxygens (including phenoxy) is 1. The fraction of sp³-hybridized carbons (Fsp3) is 1.00. The predicted octanol–water partition coefficient (Wildman–Crippen LogP) is 2.22. The number of unbranched alkanes of at least 4 members (excludes halogenated alkanes) is 1. The van der Waals surface area contributed by atoms with Crippen molar-refractivity contribution in [2.45, 2.75) is 32.2 Å². The highest BCUT2D eigenvalue weighted by molar-refractivity contribution is 14.1. The lowest BCUT2D eigenvalue weighted by Crippen LogP contribution is -2.28. The summed E-state index contributed by atoms with van der Waals surface area (Å²) in [7, 11) is 1.75. The van der Waals surface area contributed by atoms with Gasteiger partial charge in [0.1, 0.15) is 0 Å². The molecule has 2 nitrogen and oxygen atoms in total. The fourth-order valence-electron chi connectivity index (χ4n) is 0.965. The molecule has 0 fully saturated rings. The largest absolute Gasteiger partial charge is 0.385 e. The summed E-state index contributed by atoms with van der Waals surface area (Å²) in [6.07, 6.45) is 3.73. The van der Waals surface area contributed by atoms with Gasteiger partial charge in [-0.15, -0.1) is 0 Å². The van der Waals surface area contributed by atoms with Gasteiger partial charge in [-0.25, -0.2) is 0 Å². The van der Waals surface area contributed by atoms with Crippen LogP contribution in [0.3, 0.4) is 0 Å². The second kappa shape index (κ2) is 9.74. The second-order valence-corrected chi connectivity index (χ2v) is 4.11. The molecule has 0 aromatic carbocycles. The van der Waals surface area contributed by atoms with Crippen LogP contribution in [0.15, 0.2) is 0 Å². The average Bonchev–Trinajstić information content (AvgIpc) is 2.09. The summed E-state index contributed by atoms with van der Waals surface area (Å²) in [5.41, 5.74) is 0. The lowest BCUT2D eigenvalue weighted by atomic mass is 10.2. The Morgan fingerprint density at radius 3 is 2.75 bits per heavy atom. The monoisotopic (exact) mass is 285 g/mol. The smallest absolute Gasteiger partial charge is 0.0476 e. The zero-order valence-corrected chi connectivity index (χ0v) is 10.3. The van der Waals surface area contributed by atoms with Crippen molar-refractivity contribution in [1.29, 1.82) is 0 Å². The standard InChI is InChI=1S/C9H20INO/c1-9(5-8-12-2)11-7-4-3-6-10/h9,11H,3-8H2,1-2H3. The van der Waals surface area contributed by atoms with Gasteiger partial charge in [0.25, 0.3) is 0 Å². The Morgan fingerprint density at radius 2 is 2.17 bits per heavy atom. The van der Waals surface area contributed by atoms with E-state index >= 15 is 0 Å². The van der Waals surface area contributed by atoms with E-state index < -0.39 is 0 Å². The molecule has 0 aliphatic carbocycles. The van der Waals surface area contributed by atoms with Gasteiger partial charge in [-0.1, -0.05) is 22.6 Å². The van der Waals surface area contributed by atoms with Gasteiger partial charge in [-0.3, -0.25) is 0 Å². The first kappa shape index (κ1) is 12.7. The number of hydrogen-bond acceptors (Lipinski definition) is 2. The Bertz CT molecular complexity index is 90.6. The number of hydrogen-bond donors (Lipinski definition) is 1. The Labute approximate surface area is 89.6 Å². The first-order valence-electron chi connectivity index (χ1n) is 4.59. The van der Waals surface area contributed by atoms with Gasteiger partial charge in [-0.05, 0) is 37.2 Å². The van der Waals surface area contributed by atoms with E-state index in [1.807, 2.05) is 0 Å². The molecule has 0 saturated heterocycles. The minimum atomic E-state index is 0.596. The van der Waals surface area contributed by atoms with Crippen LogP contribution in [0.5, 0.6) is 0 Å². The van der Waals surface area contributed by atoms with Crippen LogP contribution in [0.2, 0.25) is 0 Å². The number of halogens is 1. The second-order valence-electron chi connectivity index (χ2n) is 3.03. The molecule has 0 radical (unpaired) electrons. The molecule has 0 aliphatic heterocycles. The third-order valence-electron chi connectivity index (χ3n) is 1.81. The molecule has 0 spiro atoms. The van der Waals surface area contributed by atoms with Crippen LogP contribution in [-0.2, 0) is 4.74 Å². The fourth-order valence-corrected chi connectivity index (χ4v) is 1.50. The third-order valence-corrected chi connectivity index (χ3v) is 2.57. The summed E-state index contributed by atoms with van der Waals surface area (Å²) in [6, 6.07) is 0.596. The maximum Gasteiger partial charge on any atom is 0.0476 e. The topological polar surface area (TPSA) is 21.3 Å². The van der Waals surface area contributed by atoms with E-state index in [0.29, 0.717) is 6.04 Å². The van der Waals surface area contributed by atoms with Gasteiger partial charge in [0.2, 0.25) is 0 Å². The van der Waals surface area contributed by atoms with Gasteiger partial charge in [-0.2, -0.15) is 0 Å². The molecule has 1 N–H and O–H groups in total. The van der Waals surface area contributed by atoms with Gasteiger partial charge in [0, 0.05) is 19.8 Å². The van der Waals surface area contributed by atoms with E-state index in [4.69, 9.17) is 4.74 Å². The summed E-state index contributed by atoms with van der Waals surface area (Å²) in [5, 5.41) is 3.47. The Kier molecular flexibility index (Phi) is 10.3. The number of nitrogens with one attached hydrogen (secondary N) is 1. The number of rotatable bonds is 8. The van der Waals surface area contributed by atoms with Crippen molar-refractivity contribution in [3.05, 3.63) is 0 Å². The van der Waals surface area contributed by atoms with E-state index in [9.17, 15) is 0 Å². The number of alkyl halides is 1. The third kappa shape index (κ3) is 8.74. The molecule has 0 amide bonds. The van der Waals surface area contributed by atoms with Crippen LogP contribution in [0.25, 0.3) is 0 Å². The molecular formula is C9H20INO.